The quantitative estimate of drug-likeness (QED) is 0.114. The Morgan fingerprint density at radius 3 is 1.09 bits per heavy atom. The highest BCUT2D eigenvalue weighted by molar-refractivity contribution is 5.96. The molecule has 0 amide bonds. The average molecular weight is 1090 g/mol. The molecule has 0 N–H and O–H groups in total. The van der Waals surface area contributed by atoms with Crippen molar-refractivity contribution in [1.82, 2.24) is 0 Å². The fraction of sp³-hybridized carbons (Fsp3) is 0.133. The molecule has 0 atom stereocenters. The van der Waals surface area contributed by atoms with Crippen LogP contribution in [0.15, 0.2) is 309 Å². The van der Waals surface area contributed by atoms with Gasteiger partial charge >= 0.3 is 0 Å². The summed E-state index contributed by atoms with van der Waals surface area (Å²) in [7, 11) is 0. The lowest BCUT2D eigenvalue weighted by Crippen LogP contribution is -2.43. The van der Waals surface area contributed by atoms with E-state index in [0.717, 1.165) is 52.0 Å². The summed E-state index contributed by atoms with van der Waals surface area (Å²) in [5, 5.41) is 0. The molecule has 12 aromatic rings. The molecule has 4 saturated carbocycles. The molecule has 17 rings (SSSR count). The number of hydrogen-bond acceptors (Lipinski definition) is 2. The van der Waals surface area contributed by atoms with Crippen LogP contribution >= 0.6 is 0 Å². The number of nitrogens with zero attached hydrogens (tertiary/aromatic N) is 2. The van der Waals surface area contributed by atoms with Crippen molar-refractivity contribution in [3.05, 3.63) is 337 Å². The van der Waals surface area contributed by atoms with E-state index in [9.17, 15) is 0 Å². The lowest BCUT2D eigenvalue weighted by Gasteiger charge is -2.54. The zero-order valence-corrected chi connectivity index (χ0v) is 47.8. The van der Waals surface area contributed by atoms with E-state index in [2.05, 4.69) is 319 Å². The molecule has 0 radical (unpaired) electrons. The second-order valence-electron chi connectivity index (χ2n) is 24.4. The number of para-hydroxylation sites is 2. The highest BCUT2D eigenvalue weighted by Gasteiger charge is 2.49. The van der Waals surface area contributed by atoms with E-state index in [1.165, 1.54) is 121 Å². The van der Waals surface area contributed by atoms with Gasteiger partial charge in [0.1, 0.15) is 0 Å². The molecular weight excluding hydrogens is 1020 g/mol. The first-order valence-electron chi connectivity index (χ1n) is 30.8. The van der Waals surface area contributed by atoms with Gasteiger partial charge in [-0.3, -0.25) is 0 Å². The minimum absolute atomic E-state index is 0.516. The van der Waals surface area contributed by atoms with Crippen LogP contribution < -0.4 is 9.80 Å². The van der Waals surface area contributed by atoms with E-state index in [-0.39, 0.29) is 0 Å². The minimum atomic E-state index is -0.516. The molecule has 4 fully saturated rings. The highest BCUT2D eigenvalue weighted by atomic mass is 15.1. The molecule has 0 heterocycles. The number of benzene rings is 12. The summed E-state index contributed by atoms with van der Waals surface area (Å²) >= 11 is 0. The summed E-state index contributed by atoms with van der Waals surface area (Å²) < 4.78 is 0. The fourth-order valence-electron chi connectivity index (χ4n) is 16.3. The van der Waals surface area contributed by atoms with Crippen molar-refractivity contribution in [2.24, 2.45) is 23.7 Å². The fourth-order valence-corrected chi connectivity index (χ4v) is 16.3. The SMILES string of the molecule is c1ccc(-c2cc(-c3ccc(N(c4ccccc4)c4ccc5c(c4)C(c4ccccc4)(c4ccccc4)c4ccccc4-5)cc3)c(-c3ccccc3)cc2-c2ccc(N(c3ccccc3)c3cccc(C4C5CC6CC(C5)CC4C6)c3)cc2)cc1. The maximum absolute atomic E-state index is 2.53. The van der Waals surface area contributed by atoms with Crippen molar-refractivity contribution in [3.63, 3.8) is 0 Å². The smallest absolute Gasteiger partial charge is 0.0714 e. The van der Waals surface area contributed by atoms with Crippen molar-refractivity contribution < 1.29 is 0 Å². The first kappa shape index (κ1) is 50.9. The Kier molecular flexibility index (Phi) is 12.9. The lowest BCUT2D eigenvalue weighted by molar-refractivity contribution is -0.00276. The molecule has 0 saturated heterocycles. The molecule has 0 aromatic heterocycles. The van der Waals surface area contributed by atoms with E-state index >= 15 is 0 Å². The molecule has 5 aliphatic rings. The van der Waals surface area contributed by atoms with Crippen LogP contribution in [0.1, 0.15) is 65.8 Å². The Balaban J connectivity index is 0.798. The van der Waals surface area contributed by atoms with Gasteiger partial charge in [-0.2, -0.15) is 0 Å². The largest absolute Gasteiger partial charge is 0.310 e. The summed E-state index contributed by atoms with van der Waals surface area (Å²) in [5.41, 5.74) is 25.0. The molecule has 85 heavy (non-hydrogen) atoms. The Labute approximate surface area is 501 Å². The number of anilines is 6. The van der Waals surface area contributed by atoms with E-state index in [4.69, 9.17) is 0 Å². The van der Waals surface area contributed by atoms with Crippen LogP contribution in [-0.4, -0.2) is 0 Å². The van der Waals surface area contributed by atoms with Gasteiger partial charge in [0.25, 0.3) is 0 Å². The van der Waals surface area contributed by atoms with Gasteiger partial charge in [-0.25, -0.2) is 0 Å². The zero-order valence-electron chi connectivity index (χ0n) is 47.8. The summed E-state index contributed by atoms with van der Waals surface area (Å²) in [6, 6.07) is 115. The van der Waals surface area contributed by atoms with Crippen molar-refractivity contribution >= 4 is 34.1 Å². The highest BCUT2D eigenvalue weighted by Crippen LogP contribution is 2.61. The van der Waals surface area contributed by atoms with Gasteiger partial charge in [-0.1, -0.05) is 224 Å². The van der Waals surface area contributed by atoms with Crippen LogP contribution in [0.5, 0.6) is 0 Å². The van der Waals surface area contributed by atoms with Crippen molar-refractivity contribution in [3.8, 4) is 55.6 Å². The Bertz CT molecular complexity index is 4260. The maximum atomic E-state index is 2.53. The lowest BCUT2D eigenvalue weighted by atomic mass is 9.51. The molecule has 12 aromatic carbocycles. The second kappa shape index (κ2) is 21.5. The number of fused-ring (bicyclic) bond motifs is 3. The summed E-state index contributed by atoms with van der Waals surface area (Å²) in [5.74, 6) is 4.24. The van der Waals surface area contributed by atoms with Gasteiger partial charge in [-0.15, -0.1) is 0 Å². The van der Waals surface area contributed by atoms with Gasteiger partial charge in [0.15, 0.2) is 0 Å². The van der Waals surface area contributed by atoms with Crippen LogP contribution in [0.3, 0.4) is 0 Å². The molecular formula is C83H66N2. The number of hydrogen-bond donors (Lipinski definition) is 0. The second-order valence-corrected chi connectivity index (χ2v) is 24.4. The van der Waals surface area contributed by atoms with Crippen LogP contribution in [-0.2, 0) is 5.41 Å². The Morgan fingerprint density at radius 2 is 0.612 bits per heavy atom. The third kappa shape index (κ3) is 8.93. The van der Waals surface area contributed by atoms with Crippen LogP contribution in [0.25, 0.3) is 55.6 Å². The Hall–Kier alpha value is -9.76. The third-order valence-electron chi connectivity index (χ3n) is 19.7. The predicted octanol–water partition coefficient (Wildman–Crippen LogP) is 22.2. The third-order valence-corrected chi connectivity index (χ3v) is 19.7. The first-order chi connectivity index (χ1) is 42.1. The number of rotatable bonds is 13. The monoisotopic (exact) mass is 1090 g/mol. The van der Waals surface area contributed by atoms with Gasteiger partial charge in [-0.05, 0) is 230 Å². The van der Waals surface area contributed by atoms with Gasteiger partial charge in [0.05, 0.1) is 5.41 Å². The van der Waals surface area contributed by atoms with Gasteiger partial charge < -0.3 is 9.80 Å². The normalized spacial score (nSPS) is 18.6. The van der Waals surface area contributed by atoms with E-state index in [0.29, 0.717) is 5.92 Å². The van der Waals surface area contributed by atoms with Crippen molar-refractivity contribution in [2.45, 2.75) is 43.4 Å². The molecule has 2 nitrogen and oxygen atoms in total. The minimum Gasteiger partial charge on any atom is -0.310 e. The van der Waals surface area contributed by atoms with Gasteiger partial charge in [0, 0.05) is 34.1 Å². The van der Waals surface area contributed by atoms with Crippen LogP contribution in [0, 0.1) is 23.7 Å². The summed E-state index contributed by atoms with van der Waals surface area (Å²) in [6.45, 7) is 0. The molecule has 408 valence electrons. The van der Waals surface area contributed by atoms with Gasteiger partial charge in [0.2, 0.25) is 0 Å². The van der Waals surface area contributed by atoms with E-state index in [1.54, 1.807) is 0 Å². The van der Waals surface area contributed by atoms with Crippen molar-refractivity contribution in [2.75, 3.05) is 9.80 Å². The van der Waals surface area contributed by atoms with Crippen molar-refractivity contribution in [1.29, 1.82) is 0 Å². The topological polar surface area (TPSA) is 6.48 Å². The summed E-state index contributed by atoms with van der Waals surface area (Å²) in [6.07, 6.45) is 7.16. The average Bonchev–Trinajstić information content (AvgIpc) is 1.65. The van der Waals surface area contributed by atoms with E-state index < -0.39 is 5.41 Å². The first-order valence-corrected chi connectivity index (χ1v) is 30.8. The Morgan fingerprint density at radius 1 is 0.247 bits per heavy atom. The zero-order chi connectivity index (χ0) is 56.3. The molecule has 0 spiro atoms. The summed E-state index contributed by atoms with van der Waals surface area (Å²) in [4.78, 5) is 4.89. The molecule has 4 bridgehead atoms. The molecule has 0 unspecified atom stereocenters. The molecule has 0 aliphatic heterocycles. The maximum Gasteiger partial charge on any atom is 0.0714 e. The van der Waals surface area contributed by atoms with Crippen LogP contribution in [0.2, 0.25) is 0 Å². The van der Waals surface area contributed by atoms with E-state index in [1.807, 2.05) is 0 Å². The van der Waals surface area contributed by atoms with Crippen LogP contribution in [0.4, 0.5) is 34.1 Å². The molecule has 2 heteroatoms. The predicted molar refractivity (Wildman–Crippen MR) is 355 cm³/mol. The molecule has 5 aliphatic carbocycles. The standard InChI is InChI=1S/C83H66N2/c1-7-22-59(23-8-1)76-56-79(62-40-44-71(45-41-62)85(69-33-17-6-18-34-69)73-46-47-75-74-36-19-20-37-80(74)83(81(75)54-73,66-27-11-3-12-28-66)67-29-13-4-14-30-67)77(60-24-9-2-10-25-60)55-78(76)61-38-42-70(43-39-61)84(68-31-15-5-16-32-68)72-35-21-26-63(53-72)82-64-49-57-48-58(51-64)52-65(82)50-57/h1-47,53-58,64-65,82H,48-52H2.